The molecule has 2 unspecified atom stereocenters. The average molecular weight is 551 g/mol. The van der Waals surface area contributed by atoms with E-state index < -0.39 is 11.4 Å². The summed E-state index contributed by atoms with van der Waals surface area (Å²) in [5, 5.41) is 0.0127. The molecule has 1 amide bonds. The van der Waals surface area contributed by atoms with E-state index in [4.69, 9.17) is 21.1 Å². The minimum Gasteiger partial charge on any atom is -0.483 e. The SMILES string of the molecule is CCC1CCCCC12OCc1c2c(=O)c(OCc2ccccc2)c2n1CCN(Cc1ccc(F)c(Cl)c1)C2=O. The van der Waals surface area contributed by atoms with Crippen LogP contribution in [0.1, 0.15) is 71.9 Å². The Morgan fingerprint density at radius 2 is 1.92 bits per heavy atom. The number of pyridine rings is 1. The van der Waals surface area contributed by atoms with Crippen molar-refractivity contribution in [3.8, 4) is 5.75 Å². The van der Waals surface area contributed by atoms with Crippen LogP contribution in [0.2, 0.25) is 5.02 Å². The van der Waals surface area contributed by atoms with Gasteiger partial charge in [0.2, 0.25) is 5.43 Å². The molecule has 1 aromatic heterocycles. The van der Waals surface area contributed by atoms with E-state index in [1.54, 1.807) is 11.0 Å². The van der Waals surface area contributed by atoms with Gasteiger partial charge in [-0.3, -0.25) is 9.59 Å². The summed E-state index contributed by atoms with van der Waals surface area (Å²) in [5.74, 6) is -0.452. The second kappa shape index (κ2) is 10.4. The highest BCUT2D eigenvalue weighted by molar-refractivity contribution is 6.30. The second-order valence-corrected chi connectivity index (χ2v) is 11.2. The Labute approximate surface area is 232 Å². The smallest absolute Gasteiger partial charge is 0.274 e. The van der Waals surface area contributed by atoms with Gasteiger partial charge in [-0.25, -0.2) is 4.39 Å². The van der Waals surface area contributed by atoms with Gasteiger partial charge in [0.25, 0.3) is 5.91 Å². The first-order valence-corrected chi connectivity index (χ1v) is 14.1. The lowest BCUT2D eigenvalue weighted by molar-refractivity contribution is -0.106. The maximum Gasteiger partial charge on any atom is 0.274 e. The minimum absolute atomic E-state index is 0.0127. The lowest BCUT2D eigenvalue weighted by atomic mass is 9.70. The van der Waals surface area contributed by atoms with Gasteiger partial charge in [0.05, 0.1) is 22.9 Å². The van der Waals surface area contributed by atoms with Crippen molar-refractivity contribution in [2.24, 2.45) is 5.92 Å². The maximum absolute atomic E-state index is 14.3. The lowest BCUT2D eigenvalue weighted by Crippen LogP contribution is -2.45. The van der Waals surface area contributed by atoms with Gasteiger partial charge in [0, 0.05) is 19.6 Å². The van der Waals surface area contributed by atoms with E-state index in [-0.39, 0.29) is 46.9 Å². The Morgan fingerprint density at radius 1 is 1.10 bits per heavy atom. The van der Waals surface area contributed by atoms with E-state index in [0.29, 0.717) is 30.8 Å². The van der Waals surface area contributed by atoms with Gasteiger partial charge in [-0.2, -0.15) is 0 Å². The summed E-state index contributed by atoms with van der Waals surface area (Å²) >= 11 is 6.00. The summed E-state index contributed by atoms with van der Waals surface area (Å²) in [4.78, 5) is 30.0. The molecule has 3 aromatic rings. The zero-order valence-corrected chi connectivity index (χ0v) is 22.8. The molecule has 0 N–H and O–H groups in total. The molecule has 1 aliphatic carbocycles. The van der Waals surface area contributed by atoms with Crippen LogP contribution < -0.4 is 10.2 Å². The number of fused-ring (bicyclic) bond motifs is 4. The molecule has 39 heavy (non-hydrogen) atoms. The Balaban J connectivity index is 1.44. The van der Waals surface area contributed by atoms with Gasteiger partial charge in [-0.1, -0.05) is 74.2 Å². The van der Waals surface area contributed by atoms with Crippen LogP contribution in [0.5, 0.6) is 5.75 Å². The molecule has 0 saturated heterocycles. The molecule has 6 rings (SSSR count). The number of rotatable bonds is 6. The van der Waals surface area contributed by atoms with Gasteiger partial charge in [0.1, 0.15) is 18.0 Å². The first-order valence-electron chi connectivity index (χ1n) is 13.8. The second-order valence-electron chi connectivity index (χ2n) is 10.8. The van der Waals surface area contributed by atoms with Crippen LogP contribution in [-0.4, -0.2) is 21.9 Å². The number of carbonyl (C=O) groups excluding carboxylic acids is 1. The zero-order chi connectivity index (χ0) is 27.1. The van der Waals surface area contributed by atoms with Crippen LogP contribution in [-0.2, 0) is 36.6 Å². The molecule has 2 aliphatic heterocycles. The monoisotopic (exact) mass is 550 g/mol. The van der Waals surface area contributed by atoms with Crippen molar-refractivity contribution < 1.29 is 18.7 Å². The predicted molar refractivity (Wildman–Crippen MR) is 146 cm³/mol. The number of amides is 1. The predicted octanol–water partition coefficient (Wildman–Crippen LogP) is 6.20. The number of hydrogen-bond acceptors (Lipinski definition) is 4. The van der Waals surface area contributed by atoms with E-state index in [1.165, 1.54) is 12.1 Å². The fraction of sp³-hybridized carbons (Fsp3) is 0.419. The number of hydrogen-bond donors (Lipinski definition) is 0. The molecule has 204 valence electrons. The number of carbonyl (C=O) groups is 1. The van der Waals surface area contributed by atoms with E-state index in [0.717, 1.165) is 43.4 Å². The quantitative estimate of drug-likeness (QED) is 0.366. The Hall–Kier alpha value is -3.16. The highest BCUT2D eigenvalue weighted by Gasteiger charge is 2.51. The van der Waals surface area contributed by atoms with Gasteiger partial charge in [-0.05, 0) is 42.0 Å². The topological polar surface area (TPSA) is 60.8 Å². The summed E-state index contributed by atoms with van der Waals surface area (Å²) in [6, 6.07) is 14.1. The molecule has 3 aliphatic rings. The highest BCUT2D eigenvalue weighted by Crippen LogP contribution is 2.51. The maximum atomic E-state index is 14.3. The van der Waals surface area contributed by atoms with E-state index in [2.05, 4.69) is 6.92 Å². The first kappa shape index (κ1) is 26.1. The van der Waals surface area contributed by atoms with Crippen molar-refractivity contribution in [1.82, 2.24) is 9.47 Å². The Morgan fingerprint density at radius 3 is 2.69 bits per heavy atom. The lowest BCUT2D eigenvalue weighted by Gasteiger charge is -2.41. The summed E-state index contributed by atoms with van der Waals surface area (Å²) in [5.41, 5.74) is 2.52. The van der Waals surface area contributed by atoms with E-state index >= 15 is 0 Å². The molecule has 2 atom stereocenters. The highest BCUT2D eigenvalue weighted by atomic mass is 35.5. The van der Waals surface area contributed by atoms with Crippen molar-refractivity contribution in [1.29, 1.82) is 0 Å². The molecule has 8 heteroatoms. The fourth-order valence-corrected chi connectivity index (χ4v) is 6.88. The van der Waals surface area contributed by atoms with Crippen molar-refractivity contribution in [2.75, 3.05) is 6.54 Å². The minimum atomic E-state index is -0.628. The van der Waals surface area contributed by atoms with Crippen LogP contribution in [0.4, 0.5) is 4.39 Å². The molecule has 1 saturated carbocycles. The number of ether oxygens (including phenoxy) is 2. The third-order valence-electron chi connectivity index (χ3n) is 8.59. The number of nitrogens with zero attached hydrogens (tertiary/aromatic N) is 2. The number of aromatic nitrogens is 1. The molecular formula is C31H32ClFN2O4. The normalized spacial score (nSPS) is 22.2. The molecule has 0 bridgehead atoms. The van der Waals surface area contributed by atoms with Gasteiger partial charge < -0.3 is 18.9 Å². The van der Waals surface area contributed by atoms with Gasteiger partial charge in [0.15, 0.2) is 11.4 Å². The first-order chi connectivity index (χ1) is 18.9. The molecule has 6 nitrogen and oxygen atoms in total. The van der Waals surface area contributed by atoms with Crippen LogP contribution in [0.3, 0.4) is 0 Å². The number of halogens is 2. The molecule has 0 radical (unpaired) electrons. The molecule has 1 fully saturated rings. The molecular weight excluding hydrogens is 519 g/mol. The summed E-state index contributed by atoms with van der Waals surface area (Å²) in [7, 11) is 0. The summed E-state index contributed by atoms with van der Waals surface area (Å²) < 4.78 is 28.5. The molecule has 3 heterocycles. The van der Waals surface area contributed by atoms with E-state index in [1.807, 2.05) is 34.9 Å². The van der Waals surface area contributed by atoms with Crippen LogP contribution >= 0.6 is 11.6 Å². The third-order valence-corrected chi connectivity index (χ3v) is 8.88. The largest absolute Gasteiger partial charge is 0.483 e. The summed E-state index contributed by atoms with van der Waals surface area (Å²) in [6.45, 7) is 3.85. The van der Waals surface area contributed by atoms with Crippen molar-refractivity contribution >= 4 is 17.5 Å². The van der Waals surface area contributed by atoms with Crippen molar-refractivity contribution in [3.63, 3.8) is 0 Å². The van der Waals surface area contributed by atoms with Crippen LogP contribution in [0, 0.1) is 11.7 Å². The van der Waals surface area contributed by atoms with E-state index in [9.17, 15) is 14.0 Å². The average Bonchev–Trinajstić information content (AvgIpc) is 3.32. The standard InChI is InChI=1S/C31H32ClFN2O4/c1-2-22-10-6-7-13-31(22)26-25(19-39-31)35-15-14-34(17-21-11-12-24(33)23(32)16-21)30(37)27(35)29(28(26)36)38-18-20-8-4-3-5-9-20/h3-5,8-9,11-12,16,22H,2,6-7,10,13-15,17-19H2,1H3. The Bertz CT molecular complexity index is 1470. The summed E-state index contributed by atoms with van der Waals surface area (Å²) in [6.07, 6.45) is 4.88. The number of benzene rings is 2. The fourth-order valence-electron chi connectivity index (χ4n) is 6.67. The van der Waals surface area contributed by atoms with Crippen LogP contribution in [0.25, 0.3) is 0 Å². The van der Waals surface area contributed by atoms with Crippen molar-refractivity contribution in [3.05, 3.63) is 97.7 Å². The Kier molecular flexibility index (Phi) is 6.98. The van der Waals surface area contributed by atoms with Crippen LogP contribution in [0.15, 0.2) is 53.3 Å². The van der Waals surface area contributed by atoms with Gasteiger partial charge in [-0.15, -0.1) is 0 Å². The van der Waals surface area contributed by atoms with Gasteiger partial charge >= 0.3 is 0 Å². The molecule has 2 aromatic carbocycles. The van der Waals surface area contributed by atoms with Crippen molar-refractivity contribution in [2.45, 2.75) is 70.9 Å². The molecule has 1 spiro atoms. The third kappa shape index (κ3) is 4.45. The zero-order valence-electron chi connectivity index (χ0n) is 22.1.